The molecule has 0 aromatic heterocycles. The molecule has 0 saturated carbocycles. The zero-order valence-electron chi connectivity index (χ0n) is 11.3. The lowest BCUT2D eigenvalue weighted by Gasteiger charge is -2.22. The molecule has 18 heavy (non-hydrogen) atoms. The zero-order chi connectivity index (χ0) is 13.8. The Morgan fingerprint density at radius 2 is 1.83 bits per heavy atom. The van der Waals surface area contributed by atoms with Gasteiger partial charge in [-0.05, 0) is 24.3 Å². The van der Waals surface area contributed by atoms with Gasteiger partial charge in [0, 0.05) is 17.6 Å². The zero-order valence-corrected chi connectivity index (χ0v) is 12.9. The van der Waals surface area contributed by atoms with Gasteiger partial charge in [0.1, 0.15) is 12.2 Å². The summed E-state index contributed by atoms with van der Waals surface area (Å²) in [6.45, 7) is 7.58. The van der Waals surface area contributed by atoms with E-state index in [1.54, 1.807) is 23.5 Å². The van der Waals surface area contributed by atoms with Crippen LogP contribution in [-0.4, -0.2) is 46.3 Å². The summed E-state index contributed by atoms with van der Waals surface area (Å²) < 4.78 is 5.20. The van der Waals surface area contributed by atoms with Crippen LogP contribution in [0.25, 0.3) is 0 Å². The van der Waals surface area contributed by atoms with E-state index in [4.69, 9.17) is 4.74 Å². The SMILES string of the molecule is C=CC(=O)OC(CSCCC)C(O)CSCCC. The third-order valence-electron chi connectivity index (χ3n) is 2.13. The van der Waals surface area contributed by atoms with Crippen LogP contribution in [0.2, 0.25) is 0 Å². The van der Waals surface area contributed by atoms with E-state index in [-0.39, 0.29) is 0 Å². The fraction of sp³-hybridized carbons (Fsp3) is 0.769. The van der Waals surface area contributed by atoms with Crippen molar-refractivity contribution in [2.24, 2.45) is 0 Å². The van der Waals surface area contributed by atoms with E-state index in [1.165, 1.54) is 0 Å². The molecule has 3 nitrogen and oxygen atoms in total. The summed E-state index contributed by atoms with van der Waals surface area (Å²) >= 11 is 3.39. The molecule has 0 radical (unpaired) electrons. The number of ether oxygens (including phenoxy) is 1. The fourth-order valence-corrected chi connectivity index (χ4v) is 3.11. The Labute approximate surface area is 119 Å². The number of hydrogen-bond acceptors (Lipinski definition) is 5. The van der Waals surface area contributed by atoms with Gasteiger partial charge in [-0.25, -0.2) is 4.79 Å². The molecule has 0 aliphatic heterocycles. The van der Waals surface area contributed by atoms with Crippen LogP contribution in [0.5, 0.6) is 0 Å². The minimum absolute atomic E-state index is 0.434. The second-order valence-electron chi connectivity index (χ2n) is 3.90. The molecular formula is C13H24O3S2. The number of carbonyl (C=O) groups is 1. The Kier molecular flexibility index (Phi) is 11.8. The maximum absolute atomic E-state index is 11.2. The van der Waals surface area contributed by atoms with E-state index in [0.29, 0.717) is 11.5 Å². The van der Waals surface area contributed by atoms with Crippen molar-refractivity contribution in [3.8, 4) is 0 Å². The molecule has 2 unspecified atom stereocenters. The molecule has 0 rings (SSSR count). The highest BCUT2D eigenvalue weighted by molar-refractivity contribution is 7.99. The van der Waals surface area contributed by atoms with Crippen molar-refractivity contribution in [3.05, 3.63) is 12.7 Å². The van der Waals surface area contributed by atoms with E-state index in [1.807, 2.05) is 0 Å². The highest BCUT2D eigenvalue weighted by Gasteiger charge is 2.22. The maximum Gasteiger partial charge on any atom is 0.330 e. The van der Waals surface area contributed by atoms with E-state index in [0.717, 1.165) is 30.4 Å². The van der Waals surface area contributed by atoms with Crippen molar-refractivity contribution < 1.29 is 14.6 Å². The van der Waals surface area contributed by atoms with Crippen molar-refractivity contribution in [3.63, 3.8) is 0 Å². The molecule has 0 bridgehead atoms. The Morgan fingerprint density at radius 1 is 1.28 bits per heavy atom. The van der Waals surface area contributed by atoms with Crippen molar-refractivity contribution in [2.75, 3.05) is 23.0 Å². The van der Waals surface area contributed by atoms with Gasteiger partial charge in [0.05, 0.1) is 0 Å². The van der Waals surface area contributed by atoms with Crippen molar-refractivity contribution >= 4 is 29.5 Å². The number of hydrogen-bond donors (Lipinski definition) is 1. The molecule has 106 valence electrons. The lowest BCUT2D eigenvalue weighted by atomic mass is 10.2. The Bertz CT molecular complexity index is 234. The molecular weight excluding hydrogens is 268 g/mol. The summed E-state index contributed by atoms with van der Waals surface area (Å²) in [5, 5.41) is 10.0. The third kappa shape index (κ3) is 8.89. The molecule has 5 heteroatoms. The number of esters is 1. The van der Waals surface area contributed by atoms with Gasteiger partial charge in [0.25, 0.3) is 0 Å². The van der Waals surface area contributed by atoms with Gasteiger partial charge in [-0.1, -0.05) is 20.4 Å². The molecule has 0 aliphatic carbocycles. The van der Waals surface area contributed by atoms with Crippen LogP contribution in [0, 0.1) is 0 Å². The molecule has 0 amide bonds. The molecule has 0 aromatic rings. The van der Waals surface area contributed by atoms with Crippen LogP contribution in [0.15, 0.2) is 12.7 Å². The van der Waals surface area contributed by atoms with Gasteiger partial charge in [-0.3, -0.25) is 0 Å². The predicted octanol–water partition coefficient (Wildman–Crippen LogP) is 2.73. The van der Waals surface area contributed by atoms with Crippen molar-refractivity contribution in [1.82, 2.24) is 0 Å². The summed E-state index contributed by atoms with van der Waals surface area (Å²) in [5.41, 5.74) is 0. The number of thioether (sulfide) groups is 2. The predicted molar refractivity (Wildman–Crippen MR) is 81.3 cm³/mol. The summed E-state index contributed by atoms with van der Waals surface area (Å²) in [6.07, 6.45) is 2.27. The summed E-state index contributed by atoms with van der Waals surface area (Å²) in [5.74, 6) is 2.81. The lowest BCUT2D eigenvalue weighted by molar-refractivity contribution is -0.146. The van der Waals surface area contributed by atoms with Gasteiger partial charge in [-0.2, -0.15) is 23.5 Å². The third-order valence-corrected chi connectivity index (χ3v) is 4.67. The second kappa shape index (κ2) is 11.9. The van der Waals surface area contributed by atoms with Crippen molar-refractivity contribution in [2.45, 2.75) is 38.9 Å². The normalized spacial score (nSPS) is 13.9. The van der Waals surface area contributed by atoms with Crippen LogP contribution in [0.3, 0.4) is 0 Å². The molecule has 0 fully saturated rings. The first-order chi connectivity index (χ1) is 8.65. The van der Waals surface area contributed by atoms with Gasteiger partial charge >= 0.3 is 5.97 Å². The Balaban J connectivity index is 4.15. The first kappa shape index (κ1) is 17.9. The van der Waals surface area contributed by atoms with Gasteiger partial charge in [0.15, 0.2) is 0 Å². The average molecular weight is 292 g/mol. The smallest absolute Gasteiger partial charge is 0.330 e. The number of aliphatic hydroxyl groups is 1. The maximum atomic E-state index is 11.2. The van der Waals surface area contributed by atoms with Crippen LogP contribution in [-0.2, 0) is 9.53 Å². The van der Waals surface area contributed by atoms with E-state index < -0.39 is 18.2 Å². The quantitative estimate of drug-likeness (QED) is 0.360. The number of rotatable bonds is 11. The summed E-state index contributed by atoms with van der Waals surface area (Å²) in [7, 11) is 0. The Hall–Kier alpha value is -0.130. The summed E-state index contributed by atoms with van der Waals surface area (Å²) in [6, 6.07) is 0. The molecule has 0 saturated heterocycles. The topological polar surface area (TPSA) is 46.5 Å². The van der Waals surface area contributed by atoms with E-state index in [2.05, 4.69) is 20.4 Å². The summed E-state index contributed by atoms with van der Waals surface area (Å²) in [4.78, 5) is 11.2. The standard InChI is InChI=1S/C13H24O3S2/c1-4-7-17-9-11(14)12(10-18-8-5-2)16-13(15)6-3/h6,11-12,14H,3-5,7-10H2,1-2H3. The molecule has 0 aromatic carbocycles. The second-order valence-corrected chi connectivity index (χ2v) is 6.20. The number of carbonyl (C=O) groups excluding carboxylic acids is 1. The fourth-order valence-electron chi connectivity index (χ4n) is 1.22. The first-order valence-corrected chi connectivity index (χ1v) is 8.63. The van der Waals surface area contributed by atoms with Crippen LogP contribution >= 0.6 is 23.5 Å². The molecule has 1 N–H and O–H groups in total. The van der Waals surface area contributed by atoms with Crippen LogP contribution < -0.4 is 0 Å². The molecule has 0 heterocycles. The van der Waals surface area contributed by atoms with Gasteiger partial charge < -0.3 is 9.84 Å². The average Bonchev–Trinajstić information content (AvgIpc) is 2.37. The van der Waals surface area contributed by atoms with Crippen molar-refractivity contribution in [1.29, 1.82) is 0 Å². The lowest BCUT2D eigenvalue weighted by Crippen LogP contribution is -2.35. The van der Waals surface area contributed by atoms with Crippen LogP contribution in [0.1, 0.15) is 26.7 Å². The van der Waals surface area contributed by atoms with E-state index >= 15 is 0 Å². The van der Waals surface area contributed by atoms with E-state index in [9.17, 15) is 9.90 Å². The first-order valence-electron chi connectivity index (χ1n) is 6.32. The van der Waals surface area contributed by atoms with Gasteiger partial charge in [0.2, 0.25) is 0 Å². The minimum atomic E-state index is -0.602. The Morgan fingerprint density at radius 3 is 2.33 bits per heavy atom. The monoisotopic (exact) mass is 292 g/mol. The largest absolute Gasteiger partial charge is 0.456 e. The number of aliphatic hydroxyl groups excluding tert-OH is 1. The van der Waals surface area contributed by atoms with Crippen LogP contribution in [0.4, 0.5) is 0 Å². The molecule has 2 atom stereocenters. The highest BCUT2D eigenvalue weighted by Crippen LogP contribution is 2.15. The molecule has 0 aliphatic rings. The highest BCUT2D eigenvalue weighted by atomic mass is 32.2. The minimum Gasteiger partial charge on any atom is -0.456 e. The molecule has 0 spiro atoms. The van der Waals surface area contributed by atoms with Gasteiger partial charge in [-0.15, -0.1) is 0 Å².